The minimum Gasteiger partial charge on any atom is -0.490 e. The molecular weight excluding hydrogens is 309 g/mol. The van der Waals surface area contributed by atoms with Gasteiger partial charge in [0.1, 0.15) is 0 Å². The number of ether oxygens (including phenoxy) is 1. The largest absolute Gasteiger partial charge is 0.490 e. The molecule has 0 bridgehead atoms. The lowest BCUT2D eigenvalue weighted by molar-refractivity contribution is 0.281. The van der Waals surface area contributed by atoms with Crippen LogP contribution in [0.2, 0.25) is 0 Å². The first kappa shape index (κ1) is 19.2. The van der Waals surface area contributed by atoms with Crippen molar-refractivity contribution in [3.63, 3.8) is 0 Å². The van der Waals surface area contributed by atoms with Crippen LogP contribution in [0, 0.1) is 17.5 Å². The summed E-state index contributed by atoms with van der Waals surface area (Å²) in [6, 6.07) is 2.00. The zero-order chi connectivity index (χ0) is 16.2. The van der Waals surface area contributed by atoms with Crippen molar-refractivity contribution in [3.05, 3.63) is 29.6 Å². The third-order valence-corrected chi connectivity index (χ3v) is 3.88. The van der Waals surface area contributed by atoms with Gasteiger partial charge in [-0.25, -0.2) is 8.78 Å². The molecule has 0 N–H and O–H groups in total. The van der Waals surface area contributed by atoms with Gasteiger partial charge in [-0.3, -0.25) is 0 Å². The summed E-state index contributed by atoms with van der Waals surface area (Å²) in [4.78, 5) is 0. The normalized spacial score (nSPS) is 10.9. The summed E-state index contributed by atoms with van der Waals surface area (Å²) in [5, 5.41) is 0. The summed E-state index contributed by atoms with van der Waals surface area (Å²) in [6.07, 6.45) is 10.4. The first-order valence-corrected chi connectivity index (χ1v) is 8.67. The number of unbranched alkanes of at least 4 members (excludes halogenated alkanes) is 8. The maximum absolute atomic E-state index is 13.3. The van der Waals surface area contributed by atoms with E-state index in [9.17, 15) is 13.2 Å². The summed E-state index contributed by atoms with van der Waals surface area (Å²) in [7, 11) is 0. The molecule has 1 aromatic carbocycles. The summed E-state index contributed by atoms with van der Waals surface area (Å²) >= 11 is 4.18. The van der Waals surface area contributed by atoms with Gasteiger partial charge in [0.05, 0.1) is 6.61 Å². The first-order chi connectivity index (χ1) is 10.7. The summed E-state index contributed by atoms with van der Waals surface area (Å²) in [6.45, 7) is 0.323. The van der Waals surface area contributed by atoms with Crippen molar-refractivity contribution >= 4 is 12.6 Å². The zero-order valence-electron chi connectivity index (χ0n) is 12.9. The van der Waals surface area contributed by atoms with Gasteiger partial charge in [0.15, 0.2) is 17.4 Å². The standard InChI is InChI=1S/C17H25F3OS/c18-14-10-11-15(17(20)16(14)19)21-12-8-6-4-2-1-3-5-7-9-13-22/h10-11,22H,1-9,12-13H2. The van der Waals surface area contributed by atoms with Crippen molar-refractivity contribution in [1.82, 2.24) is 0 Å². The van der Waals surface area contributed by atoms with E-state index < -0.39 is 17.5 Å². The molecule has 0 aliphatic rings. The Hall–Kier alpha value is -0.840. The highest BCUT2D eigenvalue weighted by molar-refractivity contribution is 7.80. The van der Waals surface area contributed by atoms with E-state index in [1.807, 2.05) is 0 Å². The molecule has 0 spiro atoms. The number of hydrogen-bond donors (Lipinski definition) is 1. The Labute approximate surface area is 136 Å². The number of hydrogen-bond acceptors (Lipinski definition) is 2. The van der Waals surface area contributed by atoms with Gasteiger partial charge < -0.3 is 4.74 Å². The van der Waals surface area contributed by atoms with E-state index in [-0.39, 0.29) is 5.75 Å². The molecule has 0 aromatic heterocycles. The van der Waals surface area contributed by atoms with Crippen LogP contribution in [0.5, 0.6) is 5.75 Å². The Kier molecular flexibility index (Phi) is 10.2. The third-order valence-electron chi connectivity index (χ3n) is 3.56. The van der Waals surface area contributed by atoms with E-state index in [2.05, 4.69) is 12.6 Å². The van der Waals surface area contributed by atoms with E-state index in [4.69, 9.17) is 4.74 Å². The van der Waals surface area contributed by atoms with E-state index in [1.165, 1.54) is 38.5 Å². The molecule has 0 radical (unpaired) electrons. The topological polar surface area (TPSA) is 9.23 Å². The van der Waals surface area contributed by atoms with Crippen molar-refractivity contribution in [2.24, 2.45) is 0 Å². The Morgan fingerprint density at radius 2 is 1.27 bits per heavy atom. The molecule has 0 amide bonds. The SMILES string of the molecule is Fc1ccc(OCCCCCCCCCCCS)c(F)c1F. The van der Waals surface area contributed by atoms with E-state index in [0.717, 1.165) is 37.1 Å². The molecule has 126 valence electrons. The highest BCUT2D eigenvalue weighted by Gasteiger charge is 2.13. The second-order valence-electron chi connectivity index (χ2n) is 5.43. The minimum atomic E-state index is -1.48. The van der Waals surface area contributed by atoms with Crippen LogP contribution in [0.3, 0.4) is 0 Å². The first-order valence-electron chi connectivity index (χ1n) is 8.04. The number of benzene rings is 1. The van der Waals surface area contributed by atoms with Crippen LogP contribution in [0.15, 0.2) is 12.1 Å². The molecule has 5 heteroatoms. The molecule has 1 aromatic rings. The minimum absolute atomic E-state index is 0.219. The molecule has 1 nitrogen and oxygen atoms in total. The smallest absolute Gasteiger partial charge is 0.203 e. The van der Waals surface area contributed by atoms with Crippen LogP contribution in [-0.4, -0.2) is 12.4 Å². The van der Waals surface area contributed by atoms with Gasteiger partial charge in [-0.05, 0) is 30.7 Å². The van der Waals surface area contributed by atoms with Crippen molar-refractivity contribution in [2.75, 3.05) is 12.4 Å². The molecule has 0 aliphatic heterocycles. The fourth-order valence-corrected chi connectivity index (χ4v) is 2.48. The Balaban J connectivity index is 2.01. The van der Waals surface area contributed by atoms with Crippen molar-refractivity contribution in [1.29, 1.82) is 0 Å². The average molecular weight is 334 g/mol. The lowest BCUT2D eigenvalue weighted by Crippen LogP contribution is -2.02. The van der Waals surface area contributed by atoms with Gasteiger partial charge in [-0.2, -0.15) is 17.0 Å². The lowest BCUT2D eigenvalue weighted by Gasteiger charge is -2.08. The van der Waals surface area contributed by atoms with Gasteiger partial charge in [-0.1, -0.05) is 44.9 Å². The van der Waals surface area contributed by atoms with E-state index in [0.29, 0.717) is 6.61 Å². The summed E-state index contributed by atoms with van der Waals surface area (Å²) in [5.74, 6) is -3.17. The second-order valence-corrected chi connectivity index (χ2v) is 5.87. The predicted octanol–water partition coefficient (Wildman–Crippen LogP) is 5.92. The van der Waals surface area contributed by atoms with E-state index >= 15 is 0 Å². The molecule has 22 heavy (non-hydrogen) atoms. The van der Waals surface area contributed by atoms with Gasteiger partial charge in [-0.15, -0.1) is 0 Å². The Morgan fingerprint density at radius 1 is 0.727 bits per heavy atom. The van der Waals surface area contributed by atoms with Crippen molar-refractivity contribution in [2.45, 2.75) is 57.8 Å². The van der Waals surface area contributed by atoms with Crippen LogP contribution in [0.25, 0.3) is 0 Å². The molecule has 0 saturated heterocycles. The number of halogens is 3. The monoisotopic (exact) mass is 334 g/mol. The van der Waals surface area contributed by atoms with Gasteiger partial charge >= 0.3 is 0 Å². The third kappa shape index (κ3) is 7.43. The molecule has 0 atom stereocenters. The second kappa shape index (κ2) is 11.7. The maximum atomic E-state index is 13.3. The zero-order valence-corrected chi connectivity index (χ0v) is 13.8. The van der Waals surface area contributed by atoms with Crippen LogP contribution < -0.4 is 4.74 Å². The predicted molar refractivity (Wildman–Crippen MR) is 87.2 cm³/mol. The van der Waals surface area contributed by atoms with Crippen molar-refractivity contribution in [3.8, 4) is 5.75 Å². The highest BCUT2D eigenvalue weighted by Crippen LogP contribution is 2.22. The molecule has 0 unspecified atom stereocenters. The van der Waals surface area contributed by atoms with Crippen LogP contribution in [0.1, 0.15) is 57.8 Å². The van der Waals surface area contributed by atoms with Gasteiger partial charge in [0.25, 0.3) is 0 Å². The summed E-state index contributed by atoms with van der Waals surface area (Å²) < 4.78 is 44.2. The molecule has 0 saturated carbocycles. The quantitative estimate of drug-likeness (QED) is 0.283. The van der Waals surface area contributed by atoms with Gasteiger partial charge in [0.2, 0.25) is 5.82 Å². The van der Waals surface area contributed by atoms with Crippen molar-refractivity contribution < 1.29 is 17.9 Å². The Morgan fingerprint density at radius 3 is 1.86 bits per heavy atom. The number of thiol groups is 1. The van der Waals surface area contributed by atoms with Gasteiger partial charge in [0, 0.05) is 0 Å². The molecule has 0 aliphatic carbocycles. The molecule has 0 heterocycles. The van der Waals surface area contributed by atoms with E-state index in [1.54, 1.807) is 0 Å². The molecule has 0 fully saturated rings. The Bertz CT molecular complexity index is 427. The number of rotatable bonds is 12. The highest BCUT2D eigenvalue weighted by atomic mass is 32.1. The maximum Gasteiger partial charge on any atom is 0.203 e. The molecule has 1 rings (SSSR count). The van der Waals surface area contributed by atoms with Crippen LogP contribution in [0.4, 0.5) is 13.2 Å². The molecular formula is C17H25F3OS. The fraction of sp³-hybridized carbons (Fsp3) is 0.647. The lowest BCUT2D eigenvalue weighted by atomic mass is 10.1. The van der Waals surface area contributed by atoms with Crippen LogP contribution >= 0.6 is 12.6 Å². The summed E-state index contributed by atoms with van der Waals surface area (Å²) in [5.41, 5.74) is 0. The van der Waals surface area contributed by atoms with Crippen LogP contribution in [-0.2, 0) is 0 Å². The fourth-order valence-electron chi connectivity index (χ4n) is 2.25. The average Bonchev–Trinajstić information content (AvgIpc) is 2.52.